The van der Waals surface area contributed by atoms with E-state index in [0.29, 0.717) is 63.4 Å². The fourth-order valence-electron chi connectivity index (χ4n) is 10.5. The van der Waals surface area contributed by atoms with Crippen LogP contribution in [0.1, 0.15) is 98.0 Å². The molecule has 0 spiro atoms. The van der Waals surface area contributed by atoms with E-state index in [2.05, 4.69) is 6.58 Å². The number of phenolic OH excluding ortho intramolecular Hbond substituents is 1. The Morgan fingerprint density at radius 2 is 1.71 bits per heavy atom. The molecule has 5 atom stereocenters. The number of rotatable bonds is 17. The second-order valence-corrected chi connectivity index (χ2v) is 21.1. The van der Waals surface area contributed by atoms with Crippen molar-refractivity contribution in [3.63, 3.8) is 0 Å². The van der Waals surface area contributed by atoms with E-state index in [1.54, 1.807) is 59.3 Å². The van der Waals surface area contributed by atoms with E-state index >= 15 is 0 Å². The minimum Gasteiger partial charge on any atom is -0.507 e. The standard InChI is InChI=1S/C54H63ClN4O12S/c1-4-25-70-54(63)59-42-32-47(67-26-11-5-6-16-48(61)58-34-37(33-55)51-40-15-8-7-14-39(40)45(60)31-43(51)58)46(66-3)30-41(42)52(62)57-24-23-36(29-44(57)53(59)71-50-18-10-13-28-69-50)35-19-21-38(22-20-35)72(64,65)56(2)49-17-9-12-27-68-49/h4,7-8,14-15,19-23,30-32,37,44,49-50,53,60H,1,5-6,9-13,16-18,24-29,33-34H2,2-3H3/t37-,44+,49?,50?,53?/m1/s1. The summed E-state index contributed by atoms with van der Waals surface area (Å²) >= 11 is 6.41. The normalized spacial score (nSPS) is 22.2. The number of benzene rings is 4. The van der Waals surface area contributed by atoms with Crippen LogP contribution in [0.5, 0.6) is 17.2 Å². The monoisotopic (exact) mass is 1030 g/mol. The molecule has 0 aromatic heterocycles. The fraction of sp³-hybridized carbons (Fsp3) is 0.463. The molecule has 384 valence electrons. The molecule has 5 heterocycles. The molecule has 0 radical (unpaired) electrons. The summed E-state index contributed by atoms with van der Waals surface area (Å²) in [5.74, 6) is 0.566. The molecule has 3 unspecified atom stereocenters. The van der Waals surface area contributed by atoms with E-state index in [1.165, 1.54) is 22.4 Å². The average Bonchev–Trinajstić information content (AvgIpc) is 3.75. The van der Waals surface area contributed by atoms with Crippen molar-refractivity contribution in [1.82, 2.24) is 9.21 Å². The second-order valence-electron chi connectivity index (χ2n) is 18.8. The van der Waals surface area contributed by atoms with Crippen LogP contribution in [0.15, 0.2) is 90.4 Å². The smallest absolute Gasteiger partial charge is 0.416 e. The van der Waals surface area contributed by atoms with Crippen molar-refractivity contribution in [3.05, 3.63) is 102 Å². The highest BCUT2D eigenvalue weighted by molar-refractivity contribution is 7.89. The van der Waals surface area contributed by atoms with Gasteiger partial charge in [0.05, 0.1) is 41.6 Å². The number of sulfonamides is 1. The van der Waals surface area contributed by atoms with Crippen molar-refractivity contribution in [2.24, 2.45) is 0 Å². The number of phenols is 1. The summed E-state index contributed by atoms with van der Waals surface area (Å²) < 4.78 is 65.2. The van der Waals surface area contributed by atoms with Crippen molar-refractivity contribution < 1.29 is 56.3 Å². The fourth-order valence-corrected chi connectivity index (χ4v) is 12.0. The van der Waals surface area contributed by atoms with Crippen LogP contribution in [0.25, 0.3) is 16.3 Å². The maximum atomic E-state index is 14.9. The van der Waals surface area contributed by atoms with Gasteiger partial charge in [-0.3, -0.25) is 9.59 Å². The summed E-state index contributed by atoms with van der Waals surface area (Å²) in [7, 11) is -0.824. The van der Waals surface area contributed by atoms with Crippen molar-refractivity contribution in [3.8, 4) is 17.2 Å². The third kappa shape index (κ3) is 10.4. The number of anilines is 2. The van der Waals surface area contributed by atoms with Crippen LogP contribution in [-0.2, 0) is 33.8 Å². The summed E-state index contributed by atoms with van der Waals surface area (Å²) in [4.78, 5) is 48.0. The van der Waals surface area contributed by atoms with Gasteiger partial charge in [-0.05, 0) is 104 Å². The number of amides is 3. The maximum absolute atomic E-state index is 14.9. The van der Waals surface area contributed by atoms with E-state index in [0.717, 1.165) is 53.2 Å². The van der Waals surface area contributed by atoms with E-state index in [4.69, 9.17) is 40.0 Å². The summed E-state index contributed by atoms with van der Waals surface area (Å²) in [6.07, 6.45) is 7.35. The minimum atomic E-state index is -3.85. The van der Waals surface area contributed by atoms with Crippen LogP contribution in [0.4, 0.5) is 16.2 Å². The van der Waals surface area contributed by atoms with Crippen molar-refractivity contribution in [2.75, 3.05) is 69.4 Å². The number of alkyl halides is 1. The molecule has 72 heavy (non-hydrogen) atoms. The van der Waals surface area contributed by atoms with Gasteiger partial charge in [0.1, 0.15) is 18.6 Å². The zero-order valence-corrected chi connectivity index (χ0v) is 42.4. The van der Waals surface area contributed by atoms with Gasteiger partial charge in [0.15, 0.2) is 24.0 Å². The number of hydrogen-bond acceptors (Lipinski definition) is 12. The van der Waals surface area contributed by atoms with Crippen molar-refractivity contribution >= 4 is 67.3 Å². The van der Waals surface area contributed by atoms with Crippen LogP contribution < -0.4 is 19.3 Å². The number of unbranched alkanes of at least 4 members (excludes halogenated alkanes) is 2. The lowest BCUT2D eigenvalue weighted by Gasteiger charge is -2.42. The first-order chi connectivity index (χ1) is 34.9. The lowest BCUT2D eigenvalue weighted by atomic mass is 9.92. The van der Waals surface area contributed by atoms with Gasteiger partial charge in [-0.15, -0.1) is 11.6 Å². The first-order valence-corrected chi connectivity index (χ1v) is 26.9. The Hall–Kier alpha value is -5.69. The molecule has 4 aromatic rings. The predicted octanol–water partition coefficient (Wildman–Crippen LogP) is 9.32. The molecule has 5 aliphatic heterocycles. The molecule has 16 nitrogen and oxygen atoms in total. The molecule has 0 aliphatic carbocycles. The molecule has 1 N–H and O–H groups in total. The Balaban J connectivity index is 0.935. The predicted molar refractivity (Wildman–Crippen MR) is 273 cm³/mol. The lowest BCUT2D eigenvalue weighted by molar-refractivity contribution is -0.196. The molecule has 18 heteroatoms. The van der Waals surface area contributed by atoms with Gasteiger partial charge in [-0.25, -0.2) is 18.1 Å². The molecule has 5 aliphatic rings. The van der Waals surface area contributed by atoms with Crippen LogP contribution in [0.2, 0.25) is 0 Å². The first-order valence-electron chi connectivity index (χ1n) is 24.9. The summed E-state index contributed by atoms with van der Waals surface area (Å²) in [5, 5.41) is 12.5. The van der Waals surface area contributed by atoms with Gasteiger partial charge >= 0.3 is 6.09 Å². The zero-order chi connectivity index (χ0) is 50.5. The quantitative estimate of drug-likeness (QED) is 0.0604. The van der Waals surface area contributed by atoms with Crippen molar-refractivity contribution in [2.45, 2.75) is 106 Å². The minimum absolute atomic E-state index is 0.0497. The van der Waals surface area contributed by atoms with Gasteiger partial charge in [0.25, 0.3) is 5.91 Å². The Bertz CT molecular complexity index is 2800. The zero-order valence-electron chi connectivity index (χ0n) is 40.8. The number of nitrogens with zero attached hydrogens (tertiary/aromatic N) is 4. The molecule has 0 saturated carbocycles. The molecule has 0 bridgehead atoms. The van der Waals surface area contributed by atoms with Crippen LogP contribution in [0.3, 0.4) is 0 Å². The highest BCUT2D eigenvalue weighted by Gasteiger charge is 2.47. The van der Waals surface area contributed by atoms with E-state index < -0.39 is 40.9 Å². The number of methoxy groups -OCH3 is 1. The Morgan fingerprint density at radius 1 is 0.944 bits per heavy atom. The SMILES string of the molecule is C=CCOC(=O)N1c2cc(OCCCCCC(=O)N3C[C@@H](CCl)c4c3cc(O)c3ccccc43)c(OC)cc2C(=O)N2CC=C(c3ccc(S(=O)(=O)N(C)C4CCCCO4)cc3)C[C@H]2C1OC1CCCCO1. The Morgan fingerprint density at radius 3 is 2.42 bits per heavy atom. The third-order valence-electron chi connectivity index (χ3n) is 14.3. The molecule has 4 aromatic carbocycles. The van der Waals surface area contributed by atoms with Crippen LogP contribution in [-0.4, -0.2) is 125 Å². The number of halogens is 1. The number of fused-ring (bicyclic) bond motifs is 5. The van der Waals surface area contributed by atoms with Gasteiger partial charge in [-0.2, -0.15) is 4.31 Å². The van der Waals surface area contributed by atoms with Crippen molar-refractivity contribution in [1.29, 1.82) is 0 Å². The largest absolute Gasteiger partial charge is 0.507 e. The molecule has 3 amide bonds. The van der Waals surface area contributed by atoms with Crippen LogP contribution >= 0.6 is 11.6 Å². The van der Waals surface area contributed by atoms with E-state index in [9.17, 15) is 27.9 Å². The summed E-state index contributed by atoms with van der Waals surface area (Å²) in [6.45, 7) is 5.45. The first kappa shape index (κ1) is 51.2. The topological polar surface area (TPSA) is 174 Å². The lowest BCUT2D eigenvalue weighted by Crippen LogP contribution is -2.57. The molecule has 2 fully saturated rings. The highest BCUT2D eigenvalue weighted by atomic mass is 35.5. The molecular weight excluding hydrogens is 964 g/mol. The van der Waals surface area contributed by atoms with Gasteiger partial charge in [0, 0.05) is 69.1 Å². The summed E-state index contributed by atoms with van der Waals surface area (Å²) in [6, 6.07) is 18.4. The average molecular weight is 1030 g/mol. The number of hydrogen-bond donors (Lipinski definition) is 1. The summed E-state index contributed by atoms with van der Waals surface area (Å²) in [5.41, 5.74) is 3.64. The third-order valence-corrected chi connectivity index (χ3v) is 16.6. The number of aromatic hydroxyl groups is 1. The van der Waals surface area contributed by atoms with Gasteiger partial charge in [0.2, 0.25) is 15.9 Å². The van der Waals surface area contributed by atoms with Gasteiger partial charge < -0.3 is 43.3 Å². The maximum Gasteiger partial charge on any atom is 0.416 e. The number of carbonyl (C=O) groups excluding carboxylic acids is 3. The molecule has 2 saturated heterocycles. The number of carbonyl (C=O) groups is 3. The molecule has 9 rings (SSSR count). The Labute approximate surface area is 426 Å². The highest BCUT2D eigenvalue weighted by Crippen LogP contribution is 2.46. The van der Waals surface area contributed by atoms with Gasteiger partial charge in [-0.1, -0.05) is 55.1 Å². The van der Waals surface area contributed by atoms with E-state index in [-0.39, 0.29) is 83.7 Å². The Kier molecular flexibility index (Phi) is 16.1. The second kappa shape index (κ2) is 22.6. The molecular formula is C54H63ClN4O12S. The number of ether oxygens (including phenoxy) is 6. The van der Waals surface area contributed by atoms with Crippen LogP contribution in [0, 0.1) is 0 Å². The van der Waals surface area contributed by atoms with E-state index in [1.807, 2.05) is 30.3 Å².